The minimum absolute atomic E-state index is 0.202. The van der Waals surface area contributed by atoms with E-state index in [1.54, 1.807) is 13.8 Å². The lowest BCUT2D eigenvalue weighted by molar-refractivity contribution is -0.143. The standard InChI is InChI=1S/C20H39N5O6/c1-11(2)9-13(22)17(27)23-14(7-5-6-8-21)18(28)25-16(12(3)4)19(29)24-15(10-26)20(30)31/h11-16,26H,5-10,21-22H2,1-4H3,(H,23,27)(H,24,29)(H,25,28)(H,30,31). The van der Waals surface area contributed by atoms with E-state index in [0.717, 1.165) is 0 Å². The van der Waals surface area contributed by atoms with Crippen molar-refractivity contribution in [2.24, 2.45) is 23.3 Å². The molecule has 0 radical (unpaired) electrons. The molecule has 11 heteroatoms. The predicted molar refractivity (Wildman–Crippen MR) is 116 cm³/mol. The van der Waals surface area contributed by atoms with Crippen LogP contribution >= 0.6 is 0 Å². The zero-order valence-corrected chi connectivity index (χ0v) is 18.9. The maximum atomic E-state index is 12.9. The van der Waals surface area contributed by atoms with Crippen molar-refractivity contribution < 1.29 is 29.4 Å². The highest BCUT2D eigenvalue weighted by Gasteiger charge is 2.31. The fourth-order valence-corrected chi connectivity index (χ4v) is 2.89. The number of nitrogens with two attached hydrogens (primary N) is 2. The maximum Gasteiger partial charge on any atom is 0.328 e. The van der Waals surface area contributed by atoms with E-state index in [9.17, 15) is 19.2 Å². The van der Waals surface area contributed by atoms with Gasteiger partial charge in [-0.05, 0) is 44.1 Å². The van der Waals surface area contributed by atoms with Gasteiger partial charge in [0.25, 0.3) is 0 Å². The summed E-state index contributed by atoms with van der Waals surface area (Å²) in [5.41, 5.74) is 11.4. The van der Waals surface area contributed by atoms with Gasteiger partial charge in [-0.1, -0.05) is 27.7 Å². The number of nitrogens with one attached hydrogen (secondary N) is 3. The fraction of sp³-hybridized carbons (Fsp3) is 0.800. The number of hydrogen-bond donors (Lipinski definition) is 7. The molecule has 31 heavy (non-hydrogen) atoms. The topological polar surface area (TPSA) is 197 Å². The van der Waals surface area contributed by atoms with Gasteiger partial charge in [0.05, 0.1) is 12.6 Å². The Morgan fingerprint density at radius 3 is 1.90 bits per heavy atom. The van der Waals surface area contributed by atoms with E-state index in [1.165, 1.54) is 0 Å². The summed E-state index contributed by atoms with van der Waals surface area (Å²) in [6, 6.07) is -4.23. The van der Waals surface area contributed by atoms with Crippen molar-refractivity contribution in [1.82, 2.24) is 16.0 Å². The Morgan fingerprint density at radius 1 is 0.871 bits per heavy atom. The van der Waals surface area contributed by atoms with Gasteiger partial charge in [0, 0.05) is 0 Å². The zero-order valence-electron chi connectivity index (χ0n) is 18.9. The highest BCUT2D eigenvalue weighted by molar-refractivity contribution is 5.94. The monoisotopic (exact) mass is 445 g/mol. The van der Waals surface area contributed by atoms with Gasteiger partial charge in [-0.3, -0.25) is 14.4 Å². The number of carbonyl (C=O) groups excluding carboxylic acids is 3. The van der Waals surface area contributed by atoms with Crippen molar-refractivity contribution in [3.05, 3.63) is 0 Å². The van der Waals surface area contributed by atoms with Crippen LogP contribution in [-0.2, 0) is 19.2 Å². The molecule has 180 valence electrons. The van der Waals surface area contributed by atoms with Gasteiger partial charge in [-0.25, -0.2) is 4.79 Å². The Balaban J connectivity index is 5.33. The second kappa shape index (κ2) is 14.7. The molecule has 9 N–H and O–H groups in total. The summed E-state index contributed by atoms with van der Waals surface area (Å²) in [6.45, 7) is 6.87. The first-order valence-corrected chi connectivity index (χ1v) is 10.6. The Morgan fingerprint density at radius 2 is 1.45 bits per heavy atom. The number of hydrogen-bond acceptors (Lipinski definition) is 7. The SMILES string of the molecule is CC(C)CC(N)C(=O)NC(CCCCN)C(=O)NC(C(=O)NC(CO)C(=O)O)C(C)C. The van der Waals surface area contributed by atoms with E-state index in [0.29, 0.717) is 32.2 Å². The van der Waals surface area contributed by atoms with Crippen LogP contribution in [0, 0.1) is 11.8 Å². The van der Waals surface area contributed by atoms with E-state index in [-0.39, 0.29) is 11.8 Å². The Labute approximate surface area is 183 Å². The fourth-order valence-electron chi connectivity index (χ4n) is 2.89. The third kappa shape index (κ3) is 11.1. The van der Waals surface area contributed by atoms with Crippen molar-refractivity contribution >= 4 is 23.7 Å². The number of aliphatic hydroxyl groups excluding tert-OH is 1. The summed E-state index contributed by atoms with van der Waals surface area (Å²) in [5, 5.41) is 25.6. The average molecular weight is 446 g/mol. The number of carbonyl (C=O) groups is 4. The van der Waals surface area contributed by atoms with Crippen LogP contribution in [-0.4, -0.2) is 71.2 Å². The van der Waals surface area contributed by atoms with Gasteiger partial charge in [0.2, 0.25) is 17.7 Å². The third-order valence-corrected chi connectivity index (χ3v) is 4.69. The second-order valence-electron chi connectivity index (χ2n) is 8.39. The molecule has 0 saturated heterocycles. The van der Waals surface area contributed by atoms with Crippen LogP contribution in [0.4, 0.5) is 0 Å². The number of unbranched alkanes of at least 4 members (excludes halogenated alkanes) is 1. The lowest BCUT2D eigenvalue weighted by atomic mass is 10.0. The van der Waals surface area contributed by atoms with E-state index >= 15 is 0 Å². The Hall–Kier alpha value is -2.24. The molecule has 0 saturated carbocycles. The van der Waals surface area contributed by atoms with Crippen LogP contribution in [0.2, 0.25) is 0 Å². The molecule has 0 aliphatic heterocycles. The smallest absolute Gasteiger partial charge is 0.328 e. The van der Waals surface area contributed by atoms with Crippen LogP contribution in [0.3, 0.4) is 0 Å². The van der Waals surface area contributed by atoms with Crippen LogP contribution in [0.15, 0.2) is 0 Å². The first-order chi connectivity index (χ1) is 14.4. The molecule has 0 heterocycles. The van der Waals surface area contributed by atoms with Gasteiger partial charge in [-0.2, -0.15) is 0 Å². The average Bonchev–Trinajstić information content (AvgIpc) is 2.67. The van der Waals surface area contributed by atoms with Gasteiger partial charge in [-0.15, -0.1) is 0 Å². The molecule has 0 spiro atoms. The molecule has 3 amide bonds. The number of amides is 3. The molecule has 0 aromatic heterocycles. The normalized spacial score (nSPS) is 15.1. The molecule has 11 nitrogen and oxygen atoms in total. The van der Waals surface area contributed by atoms with E-state index in [2.05, 4.69) is 16.0 Å². The van der Waals surface area contributed by atoms with Gasteiger partial charge < -0.3 is 37.6 Å². The Kier molecular flexibility index (Phi) is 13.6. The molecule has 4 atom stereocenters. The van der Waals surface area contributed by atoms with Crippen molar-refractivity contribution in [3.63, 3.8) is 0 Å². The molecule has 0 aliphatic carbocycles. The van der Waals surface area contributed by atoms with Crippen molar-refractivity contribution in [2.75, 3.05) is 13.2 Å². The first-order valence-electron chi connectivity index (χ1n) is 10.6. The van der Waals surface area contributed by atoms with Crippen LogP contribution in [0.1, 0.15) is 53.4 Å². The molecule has 0 rings (SSSR count). The van der Waals surface area contributed by atoms with Gasteiger partial charge in [0.1, 0.15) is 18.1 Å². The molecule has 0 aromatic rings. The van der Waals surface area contributed by atoms with Crippen molar-refractivity contribution in [2.45, 2.75) is 77.5 Å². The summed E-state index contributed by atoms with van der Waals surface area (Å²) in [6.07, 6.45) is 2.00. The van der Waals surface area contributed by atoms with E-state index < -0.39 is 54.5 Å². The summed E-state index contributed by atoms with van der Waals surface area (Å²) < 4.78 is 0. The molecule has 0 aromatic carbocycles. The summed E-state index contributed by atoms with van der Waals surface area (Å²) in [5.74, 6) is -3.34. The van der Waals surface area contributed by atoms with Crippen molar-refractivity contribution in [1.29, 1.82) is 0 Å². The number of carboxylic acids is 1. The summed E-state index contributed by atoms with van der Waals surface area (Å²) in [7, 11) is 0. The molecular formula is C20H39N5O6. The highest BCUT2D eigenvalue weighted by Crippen LogP contribution is 2.08. The van der Waals surface area contributed by atoms with Crippen LogP contribution < -0.4 is 27.4 Å². The quantitative estimate of drug-likeness (QED) is 0.150. The zero-order chi connectivity index (χ0) is 24.1. The summed E-state index contributed by atoms with van der Waals surface area (Å²) >= 11 is 0. The largest absolute Gasteiger partial charge is 0.480 e. The molecular weight excluding hydrogens is 406 g/mol. The van der Waals surface area contributed by atoms with Crippen LogP contribution in [0.5, 0.6) is 0 Å². The number of aliphatic hydroxyl groups is 1. The number of aliphatic carboxylic acids is 1. The highest BCUT2D eigenvalue weighted by atomic mass is 16.4. The number of carboxylic acid groups (broad SMARTS) is 1. The minimum Gasteiger partial charge on any atom is -0.480 e. The molecule has 0 aliphatic rings. The predicted octanol–water partition coefficient (Wildman–Crippen LogP) is -1.32. The van der Waals surface area contributed by atoms with Gasteiger partial charge >= 0.3 is 5.97 Å². The lowest BCUT2D eigenvalue weighted by Crippen LogP contribution is -2.58. The molecule has 0 bridgehead atoms. The minimum atomic E-state index is -1.49. The van der Waals surface area contributed by atoms with Crippen molar-refractivity contribution in [3.8, 4) is 0 Å². The molecule has 0 fully saturated rings. The van der Waals surface area contributed by atoms with E-state index in [4.69, 9.17) is 21.7 Å². The summed E-state index contributed by atoms with van der Waals surface area (Å²) in [4.78, 5) is 48.9. The Bertz CT molecular complexity index is 599. The third-order valence-electron chi connectivity index (χ3n) is 4.69. The number of rotatable bonds is 15. The lowest BCUT2D eigenvalue weighted by Gasteiger charge is -2.27. The van der Waals surface area contributed by atoms with E-state index in [1.807, 2.05) is 13.8 Å². The van der Waals surface area contributed by atoms with Gasteiger partial charge in [0.15, 0.2) is 0 Å². The van der Waals surface area contributed by atoms with Crippen LogP contribution in [0.25, 0.3) is 0 Å². The molecule has 4 unspecified atom stereocenters. The first kappa shape index (κ1) is 28.8. The second-order valence-corrected chi connectivity index (χ2v) is 8.39. The maximum absolute atomic E-state index is 12.9.